The smallest absolute Gasteiger partial charge is 0.0940 e. The molecule has 14 heavy (non-hydrogen) atoms. The van der Waals surface area contributed by atoms with Crippen molar-refractivity contribution in [2.24, 2.45) is 10.7 Å². The Labute approximate surface area is 86.7 Å². The van der Waals surface area contributed by atoms with Crippen LogP contribution in [0, 0.1) is 0 Å². The van der Waals surface area contributed by atoms with Crippen molar-refractivity contribution >= 4 is 5.84 Å². The highest BCUT2D eigenvalue weighted by Crippen LogP contribution is 2.25. The number of aliphatic imine (C=N–C) groups is 1. The number of hydrogen-bond donors (Lipinski definition) is 1. The molecular formula is C11H22N2O. The van der Waals surface area contributed by atoms with Crippen LogP contribution in [0.3, 0.4) is 0 Å². The largest absolute Gasteiger partial charge is 0.387 e. The quantitative estimate of drug-likeness (QED) is 0.557. The van der Waals surface area contributed by atoms with Crippen molar-refractivity contribution in [1.82, 2.24) is 0 Å². The molecule has 1 fully saturated rings. The number of hydrogen-bond acceptors (Lipinski definition) is 2. The van der Waals surface area contributed by atoms with E-state index in [2.05, 4.69) is 25.8 Å². The van der Waals surface area contributed by atoms with Crippen molar-refractivity contribution in [3.8, 4) is 0 Å². The molecule has 0 aromatic carbocycles. The van der Waals surface area contributed by atoms with Crippen molar-refractivity contribution in [2.45, 2.75) is 58.1 Å². The van der Waals surface area contributed by atoms with Crippen LogP contribution in [0.5, 0.6) is 0 Å². The van der Waals surface area contributed by atoms with Gasteiger partial charge in [0.05, 0.1) is 17.5 Å². The van der Waals surface area contributed by atoms with Gasteiger partial charge in [0.2, 0.25) is 0 Å². The lowest BCUT2D eigenvalue weighted by Crippen LogP contribution is -2.36. The van der Waals surface area contributed by atoms with Gasteiger partial charge in [0.1, 0.15) is 0 Å². The van der Waals surface area contributed by atoms with Crippen molar-refractivity contribution in [3.05, 3.63) is 0 Å². The summed E-state index contributed by atoms with van der Waals surface area (Å²) in [7, 11) is 0. The summed E-state index contributed by atoms with van der Waals surface area (Å²) in [5.41, 5.74) is 5.78. The van der Waals surface area contributed by atoms with Crippen LogP contribution < -0.4 is 5.73 Å². The fraction of sp³-hybridized carbons (Fsp3) is 0.909. The first-order valence-electron chi connectivity index (χ1n) is 5.49. The maximum absolute atomic E-state index is 5.81. The predicted octanol–water partition coefficient (Wildman–Crippen LogP) is 2.10. The third-order valence-electron chi connectivity index (χ3n) is 2.53. The maximum atomic E-state index is 5.81. The Balaban J connectivity index is 2.48. The average molecular weight is 198 g/mol. The molecule has 1 saturated heterocycles. The molecule has 0 radical (unpaired) electrons. The van der Waals surface area contributed by atoms with E-state index in [0.717, 1.165) is 38.1 Å². The zero-order chi connectivity index (χ0) is 10.6. The van der Waals surface area contributed by atoms with Gasteiger partial charge in [0.25, 0.3) is 0 Å². The topological polar surface area (TPSA) is 47.6 Å². The zero-order valence-corrected chi connectivity index (χ0v) is 9.55. The Morgan fingerprint density at radius 2 is 2.29 bits per heavy atom. The molecule has 1 unspecified atom stereocenters. The third-order valence-corrected chi connectivity index (χ3v) is 2.53. The second-order valence-electron chi connectivity index (χ2n) is 4.63. The number of nitrogens with two attached hydrogens (primary N) is 1. The SMILES string of the molecule is CCCC(N)=NC1CCOC(C)(C)C1. The van der Waals surface area contributed by atoms with Crippen molar-refractivity contribution in [3.63, 3.8) is 0 Å². The second kappa shape index (κ2) is 4.78. The van der Waals surface area contributed by atoms with E-state index in [4.69, 9.17) is 10.5 Å². The van der Waals surface area contributed by atoms with Gasteiger partial charge in [0.15, 0.2) is 0 Å². The Hall–Kier alpha value is -0.570. The van der Waals surface area contributed by atoms with E-state index in [1.54, 1.807) is 0 Å². The second-order valence-corrected chi connectivity index (χ2v) is 4.63. The van der Waals surface area contributed by atoms with E-state index in [1.165, 1.54) is 0 Å². The third kappa shape index (κ3) is 3.66. The standard InChI is InChI=1S/C11H22N2O/c1-4-5-10(12)13-9-6-7-14-11(2,3)8-9/h9H,4-8H2,1-3H3,(H2,12,13). The van der Waals surface area contributed by atoms with Gasteiger partial charge in [-0.2, -0.15) is 0 Å². The van der Waals surface area contributed by atoms with Gasteiger partial charge in [-0.3, -0.25) is 4.99 Å². The summed E-state index contributed by atoms with van der Waals surface area (Å²) in [4.78, 5) is 4.54. The molecule has 0 aromatic rings. The minimum Gasteiger partial charge on any atom is -0.387 e. The van der Waals surface area contributed by atoms with Crippen LogP contribution in [0.1, 0.15) is 46.5 Å². The number of ether oxygens (including phenoxy) is 1. The summed E-state index contributed by atoms with van der Waals surface area (Å²) in [6.45, 7) is 7.16. The molecule has 3 heteroatoms. The van der Waals surface area contributed by atoms with Gasteiger partial charge < -0.3 is 10.5 Å². The Morgan fingerprint density at radius 3 is 2.86 bits per heavy atom. The van der Waals surface area contributed by atoms with E-state index in [0.29, 0.717) is 6.04 Å². The monoisotopic (exact) mass is 198 g/mol. The molecule has 0 aliphatic carbocycles. The molecule has 0 bridgehead atoms. The van der Waals surface area contributed by atoms with E-state index < -0.39 is 0 Å². The predicted molar refractivity (Wildman–Crippen MR) is 59.6 cm³/mol. The Bertz CT molecular complexity index is 211. The lowest BCUT2D eigenvalue weighted by Gasteiger charge is -2.33. The molecule has 0 spiro atoms. The number of amidine groups is 1. The average Bonchev–Trinajstić information content (AvgIpc) is 2.02. The molecule has 1 aliphatic rings. The zero-order valence-electron chi connectivity index (χ0n) is 9.55. The first-order valence-corrected chi connectivity index (χ1v) is 5.49. The van der Waals surface area contributed by atoms with Gasteiger partial charge in [-0.05, 0) is 33.1 Å². The van der Waals surface area contributed by atoms with E-state index >= 15 is 0 Å². The van der Waals surface area contributed by atoms with Gasteiger partial charge in [-0.15, -0.1) is 0 Å². The molecule has 3 nitrogen and oxygen atoms in total. The summed E-state index contributed by atoms with van der Waals surface area (Å²) in [5.74, 6) is 0.801. The fourth-order valence-electron chi connectivity index (χ4n) is 1.87. The van der Waals surface area contributed by atoms with E-state index in [-0.39, 0.29) is 5.60 Å². The Morgan fingerprint density at radius 1 is 1.57 bits per heavy atom. The molecule has 0 saturated carbocycles. The first kappa shape index (κ1) is 11.5. The van der Waals surface area contributed by atoms with Crippen LogP contribution in [0.2, 0.25) is 0 Å². The van der Waals surface area contributed by atoms with E-state index in [1.807, 2.05) is 0 Å². The minimum absolute atomic E-state index is 0.0289. The summed E-state index contributed by atoms with van der Waals surface area (Å²) in [6.07, 6.45) is 3.98. The lowest BCUT2D eigenvalue weighted by molar-refractivity contribution is -0.0575. The molecule has 0 amide bonds. The fourth-order valence-corrected chi connectivity index (χ4v) is 1.87. The molecular weight excluding hydrogens is 176 g/mol. The Kier molecular flexibility index (Phi) is 3.93. The summed E-state index contributed by atoms with van der Waals surface area (Å²) < 4.78 is 5.63. The van der Waals surface area contributed by atoms with Crippen LogP contribution in [0.15, 0.2) is 4.99 Å². The first-order chi connectivity index (χ1) is 6.53. The highest BCUT2D eigenvalue weighted by molar-refractivity contribution is 5.80. The molecule has 1 atom stereocenters. The van der Waals surface area contributed by atoms with Gasteiger partial charge in [0, 0.05) is 13.0 Å². The normalized spacial score (nSPS) is 27.6. The number of rotatable bonds is 3. The van der Waals surface area contributed by atoms with Crippen LogP contribution in [-0.4, -0.2) is 24.1 Å². The molecule has 2 N–H and O–H groups in total. The van der Waals surface area contributed by atoms with Crippen LogP contribution >= 0.6 is 0 Å². The molecule has 1 rings (SSSR count). The number of nitrogens with zero attached hydrogens (tertiary/aromatic N) is 1. The molecule has 82 valence electrons. The molecule has 1 heterocycles. The van der Waals surface area contributed by atoms with Crippen molar-refractivity contribution < 1.29 is 4.74 Å². The van der Waals surface area contributed by atoms with E-state index in [9.17, 15) is 0 Å². The minimum atomic E-state index is -0.0289. The van der Waals surface area contributed by atoms with Crippen molar-refractivity contribution in [1.29, 1.82) is 0 Å². The molecule has 0 aromatic heterocycles. The highest BCUT2D eigenvalue weighted by atomic mass is 16.5. The van der Waals surface area contributed by atoms with Gasteiger partial charge in [-0.1, -0.05) is 6.92 Å². The van der Waals surface area contributed by atoms with Gasteiger partial charge >= 0.3 is 0 Å². The summed E-state index contributed by atoms with van der Waals surface area (Å²) >= 11 is 0. The van der Waals surface area contributed by atoms with Gasteiger partial charge in [-0.25, -0.2) is 0 Å². The maximum Gasteiger partial charge on any atom is 0.0940 e. The summed E-state index contributed by atoms with van der Waals surface area (Å²) in [6, 6.07) is 0.366. The van der Waals surface area contributed by atoms with Crippen LogP contribution in [0.25, 0.3) is 0 Å². The van der Waals surface area contributed by atoms with Crippen LogP contribution in [-0.2, 0) is 4.74 Å². The van der Waals surface area contributed by atoms with Crippen LogP contribution in [0.4, 0.5) is 0 Å². The lowest BCUT2D eigenvalue weighted by atomic mass is 9.94. The summed E-state index contributed by atoms with van der Waals surface area (Å²) in [5, 5.41) is 0. The molecule has 1 aliphatic heterocycles. The highest BCUT2D eigenvalue weighted by Gasteiger charge is 2.28. The van der Waals surface area contributed by atoms with Crippen molar-refractivity contribution in [2.75, 3.05) is 6.61 Å².